The van der Waals surface area contributed by atoms with Crippen LogP contribution >= 0.6 is 27.9 Å². The average Bonchev–Trinajstić information content (AvgIpc) is 3.26. The molecule has 1 aliphatic rings. The molecule has 0 spiro atoms. The summed E-state index contributed by atoms with van der Waals surface area (Å²) in [5.74, 6) is 0.792. The molecule has 0 aromatic heterocycles. The highest BCUT2D eigenvalue weighted by atomic mass is 79.9. The molecule has 1 aliphatic heterocycles. The van der Waals surface area contributed by atoms with Crippen molar-refractivity contribution in [2.75, 3.05) is 13.1 Å². The van der Waals surface area contributed by atoms with E-state index in [1.165, 1.54) is 11.9 Å². The number of ether oxygens (including phenoxy) is 1. The summed E-state index contributed by atoms with van der Waals surface area (Å²) in [6, 6.07) is 16.2. The number of carbonyl (C=O) groups is 1. The molecule has 6 nitrogen and oxygen atoms in total. The predicted octanol–water partition coefficient (Wildman–Crippen LogP) is 4.60. The smallest absolute Gasteiger partial charge is 0.260 e. The van der Waals surface area contributed by atoms with E-state index in [4.69, 9.17) is 4.74 Å². The van der Waals surface area contributed by atoms with Crippen LogP contribution in [0.25, 0.3) is 0 Å². The zero-order valence-electron chi connectivity index (χ0n) is 17.2. The van der Waals surface area contributed by atoms with Gasteiger partial charge in [-0.1, -0.05) is 64.6 Å². The number of nitrogens with zero attached hydrogens (tertiary/aromatic N) is 2. The van der Waals surface area contributed by atoms with Crippen LogP contribution in [-0.4, -0.2) is 28.5 Å². The molecule has 2 aromatic carbocycles. The molecule has 0 saturated carbocycles. The highest BCUT2D eigenvalue weighted by Crippen LogP contribution is 2.30. The molecule has 3 rings (SSSR count). The van der Waals surface area contributed by atoms with Crippen LogP contribution in [0.15, 0.2) is 64.1 Å². The summed E-state index contributed by atoms with van der Waals surface area (Å²) in [4.78, 5) is 12.9. The number of hydrogen-bond donors (Lipinski definition) is 2. The van der Waals surface area contributed by atoms with Crippen molar-refractivity contribution in [3.05, 3.63) is 75.2 Å². The Morgan fingerprint density at radius 3 is 2.77 bits per heavy atom. The first-order valence-corrected chi connectivity index (χ1v) is 11.6. The van der Waals surface area contributed by atoms with Crippen LogP contribution in [0.1, 0.15) is 31.4 Å². The van der Waals surface area contributed by atoms with Gasteiger partial charge in [0, 0.05) is 47.8 Å². The van der Waals surface area contributed by atoms with Crippen LogP contribution in [0.4, 0.5) is 0 Å². The second kappa shape index (κ2) is 11.4. The van der Waals surface area contributed by atoms with Gasteiger partial charge in [-0.25, -0.2) is 5.01 Å². The first-order chi connectivity index (χ1) is 14.6. The first-order valence-electron chi connectivity index (χ1n) is 10.0. The van der Waals surface area contributed by atoms with E-state index >= 15 is 0 Å². The topological polar surface area (TPSA) is 56.8 Å². The lowest BCUT2D eigenvalue weighted by Crippen LogP contribution is -2.41. The number of hydrogen-bond acceptors (Lipinski definition) is 6. The minimum atomic E-state index is -0.0535. The molecule has 0 fully saturated rings. The first kappa shape index (κ1) is 22.7. The molecule has 0 aliphatic carbocycles. The molecule has 2 N–H and O–H groups in total. The summed E-state index contributed by atoms with van der Waals surface area (Å²) in [6.07, 6.45) is 2.66. The Balaban J connectivity index is 1.65. The number of carbonyl (C=O) groups excluding carboxylic acids is 1. The van der Waals surface area contributed by atoms with E-state index in [-0.39, 0.29) is 5.91 Å². The quantitative estimate of drug-likeness (QED) is 0.474. The van der Waals surface area contributed by atoms with Crippen molar-refractivity contribution in [3.8, 4) is 5.75 Å². The van der Waals surface area contributed by atoms with Crippen molar-refractivity contribution >= 4 is 33.8 Å². The number of benzene rings is 2. The zero-order valence-corrected chi connectivity index (χ0v) is 19.6. The predicted molar refractivity (Wildman–Crippen MR) is 125 cm³/mol. The van der Waals surface area contributed by atoms with Gasteiger partial charge in [-0.3, -0.25) is 4.79 Å². The third kappa shape index (κ3) is 6.25. The number of nitrogens with one attached hydrogen (secondary N) is 2. The highest BCUT2D eigenvalue weighted by Gasteiger charge is 2.25. The van der Waals surface area contributed by atoms with Gasteiger partial charge in [0.1, 0.15) is 17.3 Å². The van der Waals surface area contributed by atoms with Crippen LogP contribution in [0.3, 0.4) is 0 Å². The lowest BCUT2D eigenvalue weighted by molar-refractivity contribution is -0.116. The fraction of sp³-hybridized carbons (Fsp3) is 0.318. The van der Waals surface area contributed by atoms with E-state index < -0.39 is 0 Å². The van der Waals surface area contributed by atoms with E-state index in [1.807, 2.05) is 41.8 Å². The third-order valence-corrected chi connectivity index (χ3v) is 5.99. The van der Waals surface area contributed by atoms with Gasteiger partial charge >= 0.3 is 0 Å². The molecule has 2 aromatic rings. The minimum absolute atomic E-state index is 0.0535. The fourth-order valence-electron chi connectivity index (χ4n) is 2.88. The second-order valence-electron chi connectivity index (χ2n) is 6.76. The molecule has 0 atom stereocenters. The minimum Gasteiger partial charge on any atom is -0.489 e. The largest absolute Gasteiger partial charge is 0.489 e. The third-order valence-electron chi connectivity index (χ3n) is 4.48. The van der Waals surface area contributed by atoms with Crippen molar-refractivity contribution in [2.24, 2.45) is 0 Å². The van der Waals surface area contributed by atoms with Crippen LogP contribution in [-0.2, 0) is 17.9 Å². The van der Waals surface area contributed by atoms with Gasteiger partial charge < -0.3 is 15.5 Å². The molecule has 0 bridgehead atoms. The average molecular weight is 491 g/mol. The monoisotopic (exact) mass is 490 g/mol. The van der Waals surface area contributed by atoms with Crippen molar-refractivity contribution in [3.63, 3.8) is 0 Å². The maximum absolute atomic E-state index is 12.2. The molecule has 1 heterocycles. The van der Waals surface area contributed by atoms with Crippen molar-refractivity contribution in [1.29, 1.82) is 0 Å². The highest BCUT2D eigenvalue weighted by molar-refractivity contribution is 9.10. The zero-order chi connectivity index (χ0) is 21.3. The Bertz CT molecular complexity index is 879. The number of rotatable bonds is 10. The van der Waals surface area contributed by atoms with E-state index in [9.17, 15) is 4.79 Å². The van der Waals surface area contributed by atoms with Crippen LogP contribution in [0.2, 0.25) is 0 Å². The molecule has 8 heteroatoms. The van der Waals surface area contributed by atoms with Crippen LogP contribution in [0, 0.1) is 0 Å². The van der Waals surface area contributed by atoms with E-state index in [0.29, 0.717) is 24.6 Å². The molecular formula is C22H27BrN4O2S. The normalized spacial score (nSPS) is 13.8. The Hall–Kier alpha value is -2.00. The summed E-state index contributed by atoms with van der Waals surface area (Å²) >= 11 is 4.95. The van der Waals surface area contributed by atoms with Gasteiger partial charge in [0.25, 0.3) is 5.91 Å². The van der Waals surface area contributed by atoms with Gasteiger partial charge in [0.05, 0.1) is 0 Å². The van der Waals surface area contributed by atoms with Gasteiger partial charge in [-0.2, -0.15) is 0 Å². The van der Waals surface area contributed by atoms with E-state index in [0.717, 1.165) is 34.3 Å². The molecule has 0 radical (unpaired) electrons. The molecule has 0 saturated heterocycles. The van der Waals surface area contributed by atoms with Gasteiger partial charge in [0.15, 0.2) is 0 Å². The summed E-state index contributed by atoms with van der Waals surface area (Å²) in [7, 11) is 0. The fourth-order valence-corrected chi connectivity index (χ4v) is 4.13. The summed E-state index contributed by atoms with van der Waals surface area (Å²) < 4.78 is 9.01. The van der Waals surface area contributed by atoms with Crippen LogP contribution < -0.4 is 15.5 Å². The standard InChI is InChI=1S/C22H27BrN4O2S/c1-3-12-24-22(28)21-14-25-27(30-21)26(4-2)15-18-13-19(23)10-11-20(18)29-16-17-8-6-5-7-9-17/h5-11,13-14,25H,3-4,12,15-16H2,1-2H3,(H,24,28). The lowest BCUT2D eigenvalue weighted by Gasteiger charge is -2.29. The van der Waals surface area contributed by atoms with Crippen molar-refractivity contribution < 1.29 is 9.53 Å². The molecule has 1 amide bonds. The summed E-state index contributed by atoms with van der Waals surface area (Å²) in [5.41, 5.74) is 5.36. The van der Waals surface area contributed by atoms with Gasteiger partial charge in [-0.05, 0) is 30.2 Å². The second-order valence-corrected chi connectivity index (χ2v) is 8.65. The van der Waals surface area contributed by atoms with Crippen LogP contribution in [0.5, 0.6) is 5.75 Å². The van der Waals surface area contributed by atoms with Crippen molar-refractivity contribution in [1.82, 2.24) is 20.3 Å². The number of hydrazine groups is 2. The molecular weight excluding hydrogens is 464 g/mol. The van der Waals surface area contributed by atoms with E-state index in [2.05, 4.69) is 56.8 Å². The summed E-state index contributed by atoms with van der Waals surface area (Å²) in [5, 5.41) is 5.03. The number of amides is 1. The Morgan fingerprint density at radius 1 is 1.23 bits per heavy atom. The number of halogens is 1. The SMILES string of the molecule is CCCNC(=O)C1=CNN(N(CC)Cc2cc(Br)ccc2OCc2ccccc2)S1. The Labute approximate surface area is 190 Å². The molecule has 160 valence electrons. The Kier molecular flexibility index (Phi) is 8.62. The van der Waals surface area contributed by atoms with Crippen molar-refractivity contribution in [2.45, 2.75) is 33.4 Å². The lowest BCUT2D eigenvalue weighted by atomic mass is 10.2. The van der Waals surface area contributed by atoms with E-state index in [1.54, 1.807) is 6.20 Å². The van der Waals surface area contributed by atoms with Gasteiger partial charge in [0.2, 0.25) is 0 Å². The molecule has 30 heavy (non-hydrogen) atoms. The maximum atomic E-state index is 12.2. The Morgan fingerprint density at radius 2 is 2.03 bits per heavy atom. The van der Waals surface area contributed by atoms with Gasteiger partial charge in [-0.15, -0.1) is 0 Å². The summed E-state index contributed by atoms with van der Waals surface area (Å²) in [6.45, 7) is 6.71. The maximum Gasteiger partial charge on any atom is 0.260 e. The molecule has 0 unspecified atom stereocenters.